The zero-order valence-electron chi connectivity index (χ0n) is 6.16. The second kappa shape index (κ2) is 4.13. The summed E-state index contributed by atoms with van der Waals surface area (Å²) >= 11 is 0. The molecule has 1 unspecified atom stereocenters. The van der Waals surface area contributed by atoms with Crippen LogP contribution in [0.1, 0.15) is 5.56 Å². The van der Waals surface area contributed by atoms with Gasteiger partial charge in [0.25, 0.3) is 0 Å². The Labute approximate surface area is 68.3 Å². The highest BCUT2D eigenvalue weighted by atomic mass is 32.2. The van der Waals surface area contributed by atoms with Crippen LogP contribution in [0.25, 0.3) is 0 Å². The molecule has 1 atom stereocenters. The van der Waals surface area contributed by atoms with E-state index in [0.717, 1.165) is 12.0 Å². The maximum absolute atomic E-state index is 10.4. The van der Waals surface area contributed by atoms with Crippen molar-refractivity contribution in [3.8, 4) is 0 Å². The number of nitrogens with one attached hydrogen (secondary N) is 1. The standard InChI is InChI=1S/C8H11NOS/c9-11(10)7-6-8-4-2-1-3-5-8/h1-5,9,11H,6-7H2. The van der Waals surface area contributed by atoms with Crippen molar-refractivity contribution >= 4 is 10.6 Å². The fourth-order valence-electron chi connectivity index (χ4n) is 0.875. The van der Waals surface area contributed by atoms with Crippen molar-refractivity contribution in [3.05, 3.63) is 35.9 Å². The topological polar surface area (TPSA) is 40.9 Å². The van der Waals surface area contributed by atoms with E-state index in [9.17, 15) is 4.21 Å². The summed E-state index contributed by atoms with van der Waals surface area (Å²) in [6.07, 6.45) is 0.750. The van der Waals surface area contributed by atoms with Gasteiger partial charge in [-0.1, -0.05) is 30.3 Å². The van der Waals surface area contributed by atoms with Crippen LogP contribution < -0.4 is 0 Å². The maximum atomic E-state index is 10.4. The first-order valence-corrected chi connectivity index (χ1v) is 4.93. The first-order chi connectivity index (χ1) is 5.29. The fraction of sp³-hybridized carbons (Fsp3) is 0.250. The normalized spacial score (nSPS) is 12.7. The second-order valence-corrected chi connectivity index (χ2v) is 3.54. The minimum Gasteiger partial charge on any atom is -0.255 e. The molecule has 0 spiro atoms. The molecule has 0 saturated heterocycles. The molecule has 1 aromatic carbocycles. The van der Waals surface area contributed by atoms with Gasteiger partial charge >= 0.3 is 0 Å². The van der Waals surface area contributed by atoms with Gasteiger partial charge in [-0.3, -0.25) is 8.99 Å². The summed E-state index contributed by atoms with van der Waals surface area (Å²) in [4.78, 5) is 0. The minimum absolute atomic E-state index is 0.472. The van der Waals surface area contributed by atoms with Gasteiger partial charge in [-0.25, -0.2) is 0 Å². The van der Waals surface area contributed by atoms with Crippen molar-refractivity contribution in [2.45, 2.75) is 6.42 Å². The lowest BCUT2D eigenvalue weighted by atomic mass is 10.2. The molecule has 60 valence electrons. The number of hydrogen-bond donors (Lipinski definition) is 2. The smallest absolute Gasteiger partial charge is 0.0333 e. The van der Waals surface area contributed by atoms with Crippen LogP contribution in [0.2, 0.25) is 0 Å². The molecule has 0 aliphatic rings. The summed E-state index contributed by atoms with van der Waals surface area (Å²) in [5, 5.41) is 0. The summed E-state index contributed by atoms with van der Waals surface area (Å²) in [5.41, 5.74) is 1.16. The Morgan fingerprint density at radius 1 is 1.27 bits per heavy atom. The van der Waals surface area contributed by atoms with Crippen LogP contribution in [0.5, 0.6) is 0 Å². The van der Waals surface area contributed by atoms with E-state index in [1.54, 1.807) is 0 Å². The summed E-state index contributed by atoms with van der Waals surface area (Å²) in [6.45, 7) is 0. The Kier molecular flexibility index (Phi) is 3.11. The molecule has 0 aliphatic heterocycles. The van der Waals surface area contributed by atoms with Crippen LogP contribution in [0.15, 0.2) is 30.3 Å². The number of rotatable bonds is 3. The SMILES string of the molecule is N=[SH](=O)CCc1ccccc1. The Bertz CT molecular complexity index is 271. The molecule has 1 N–H and O–H groups in total. The van der Waals surface area contributed by atoms with E-state index in [-0.39, 0.29) is 0 Å². The van der Waals surface area contributed by atoms with Crippen LogP contribution in [-0.4, -0.2) is 9.96 Å². The van der Waals surface area contributed by atoms with Gasteiger partial charge in [0.2, 0.25) is 0 Å². The number of benzene rings is 1. The molecule has 0 amide bonds. The summed E-state index contributed by atoms with van der Waals surface area (Å²) in [5.74, 6) is 0.472. The molecule has 0 saturated carbocycles. The molecule has 3 heteroatoms. The van der Waals surface area contributed by atoms with Crippen molar-refractivity contribution in [1.82, 2.24) is 0 Å². The predicted molar refractivity (Wildman–Crippen MR) is 47.3 cm³/mol. The monoisotopic (exact) mass is 169 g/mol. The van der Waals surface area contributed by atoms with Crippen molar-refractivity contribution in [3.63, 3.8) is 0 Å². The molecule has 0 aromatic heterocycles. The summed E-state index contributed by atoms with van der Waals surface area (Å²) in [6, 6.07) is 9.82. The van der Waals surface area contributed by atoms with Gasteiger partial charge in [0.05, 0.1) is 0 Å². The maximum Gasteiger partial charge on any atom is 0.0333 e. The third-order valence-corrected chi connectivity index (χ3v) is 2.08. The summed E-state index contributed by atoms with van der Waals surface area (Å²) in [7, 11) is -1.72. The van der Waals surface area contributed by atoms with Crippen molar-refractivity contribution in [2.24, 2.45) is 0 Å². The van der Waals surface area contributed by atoms with E-state index in [0.29, 0.717) is 5.75 Å². The Morgan fingerprint density at radius 3 is 2.45 bits per heavy atom. The molecule has 2 nitrogen and oxygen atoms in total. The Morgan fingerprint density at radius 2 is 1.91 bits per heavy atom. The highest BCUT2D eigenvalue weighted by Crippen LogP contribution is 1.98. The van der Waals surface area contributed by atoms with E-state index in [1.165, 1.54) is 0 Å². The van der Waals surface area contributed by atoms with Crippen LogP contribution >= 0.6 is 0 Å². The van der Waals surface area contributed by atoms with E-state index in [1.807, 2.05) is 30.3 Å². The average molecular weight is 169 g/mol. The van der Waals surface area contributed by atoms with Crippen LogP contribution in [0.4, 0.5) is 0 Å². The lowest BCUT2D eigenvalue weighted by molar-refractivity contribution is 0.686. The van der Waals surface area contributed by atoms with E-state index in [4.69, 9.17) is 4.78 Å². The number of thiol groups is 1. The van der Waals surface area contributed by atoms with Gasteiger partial charge in [0.15, 0.2) is 0 Å². The third kappa shape index (κ3) is 3.18. The molecule has 0 fully saturated rings. The first kappa shape index (κ1) is 8.27. The highest BCUT2D eigenvalue weighted by molar-refractivity contribution is 7.73. The molecule has 0 radical (unpaired) electrons. The lowest BCUT2D eigenvalue weighted by Crippen LogP contribution is -1.91. The Hall–Kier alpha value is -0.830. The second-order valence-electron chi connectivity index (χ2n) is 2.34. The molecule has 1 rings (SSSR count). The molecule has 0 heterocycles. The van der Waals surface area contributed by atoms with Gasteiger partial charge in [-0.2, -0.15) is 0 Å². The molecule has 0 bridgehead atoms. The van der Waals surface area contributed by atoms with Gasteiger partial charge < -0.3 is 0 Å². The van der Waals surface area contributed by atoms with Crippen molar-refractivity contribution in [2.75, 3.05) is 5.75 Å². The fourth-order valence-corrected chi connectivity index (χ4v) is 1.34. The highest BCUT2D eigenvalue weighted by Gasteiger charge is 1.89. The molecule has 1 aromatic rings. The van der Waals surface area contributed by atoms with Crippen molar-refractivity contribution < 1.29 is 4.21 Å². The zero-order chi connectivity index (χ0) is 8.10. The van der Waals surface area contributed by atoms with Gasteiger partial charge in [-0.05, 0) is 12.0 Å². The van der Waals surface area contributed by atoms with Crippen LogP contribution in [0, 0.1) is 4.78 Å². The third-order valence-electron chi connectivity index (χ3n) is 1.45. The van der Waals surface area contributed by atoms with Crippen LogP contribution in [-0.2, 0) is 17.0 Å². The average Bonchev–Trinajstić information content (AvgIpc) is 2.03. The first-order valence-electron chi connectivity index (χ1n) is 3.49. The van der Waals surface area contributed by atoms with E-state index < -0.39 is 10.6 Å². The van der Waals surface area contributed by atoms with E-state index in [2.05, 4.69) is 0 Å². The number of aryl methyl sites for hydroxylation is 1. The summed E-state index contributed by atoms with van der Waals surface area (Å²) < 4.78 is 17.3. The predicted octanol–water partition coefficient (Wildman–Crippen LogP) is 1.47. The van der Waals surface area contributed by atoms with Gasteiger partial charge in [0.1, 0.15) is 0 Å². The van der Waals surface area contributed by atoms with E-state index >= 15 is 0 Å². The van der Waals surface area contributed by atoms with Gasteiger partial charge in [-0.15, -0.1) is 0 Å². The molecule has 11 heavy (non-hydrogen) atoms. The largest absolute Gasteiger partial charge is 0.255 e. The van der Waals surface area contributed by atoms with Crippen molar-refractivity contribution in [1.29, 1.82) is 4.78 Å². The zero-order valence-corrected chi connectivity index (χ0v) is 7.05. The molecule has 0 aliphatic carbocycles. The molecular formula is C8H11NOS. The molecular weight excluding hydrogens is 158 g/mol. The van der Waals surface area contributed by atoms with Gasteiger partial charge in [0, 0.05) is 16.3 Å². The quantitative estimate of drug-likeness (QED) is 0.661. The number of hydrogen-bond acceptors (Lipinski definition) is 2. The van der Waals surface area contributed by atoms with Crippen LogP contribution in [0.3, 0.4) is 0 Å². The lowest BCUT2D eigenvalue weighted by Gasteiger charge is -1.94. The Balaban J connectivity index is 2.52. The minimum atomic E-state index is -1.72.